The van der Waals surface area contributed by atoms with Crippen molar-refractivity contribution in [3.05, 3.63) is 89.5 Å². The first-order valence-electron chi connectivity index (χ1n) is 7.91. The van der Waals surface area contributed by atoms with Crippen molar-refractivity contribution in [2.45, 2.75) is 19.3 Å². The highest BCUT2D eigenvalue weighted by atomic mass is 19.1. The van der Waals surface area contributed by atoms with E-state index in [0.717, 1.165) is 22.3 Å². The molecule has 0 fully saturated rings. The van der Waals surface area contributed by atoms with Crippen LogP contribution >= 0.6 is 0 Å². The summed E-state index contributed by atoms with van der Waals surface area (Å²) < 4.78 is 14.5. The Labute approximate surface area is 140 Å². The molecule has 4 heteroatoms. The third-order valence-corrected chi connectivity index (χ3v) is 4.49. The predicted octanol–water partition coefficient (Wildman–Crippen LogP) is 3.89. The summed E-state index contributed by atoms with van der Waals surface area (Å²) in [6.45, 7) is 1.00. The molecule has 1 aliphatic heterocycles. The highest BCUT2D eigenvalue weighted by Crippen LogP contribution is 2.33. The van der Waals surface area contributed by atoms with Crippen molar-refractivity contribution in [1.29, 1.82) is 0 Å². The van der Waals surface area contributed by atoms with E-state index in [0.29, 0.717) is 18.7 Å². The Hall–Kier alpha value is -2.56. The molecule has 0 bridgehead atoms. The lowest BCUT2D eigenvalue weighted by atomic mass is 10.0. The second kappa shape index (κ2) is 6.15. The van der Waals surface area contributed by atoms with Crippen LogP contribution in [0.25, 0.3) is 11.1 Å². The molecule has 3 nitrogen and oxygen atoms in total. The fourth-order valence-electron chi connectivity index (χ4n) is 3.19. The Bertz CT molecular complexity index is 867. The normalized spacial score (nSPS) is 17.0. The zero-order chi connectivity index (χ0) is 16.5. The largest absolute Gasteiger partial charge is 0.374 e. The Morgan fingerprint density at radius 3 is 2.58 bits per heavy atom. The van der Waals surface area contributed by atoms with Gasteiger partial charge in [0.15, 0.2) is 0 Å². The molecule has 1 N–H and O–H groups in total. The maximum absolute atomic E-state index is 14.5. The summed E-state index contributed by atoms with van der Waals surface area (Å²) in [5.74, 6) is -0.257. The number of aliphatic hydroxyl groups is 1. The van der Waals surface area contributed by atoms with Gasteiger partial charge in [-0.25, -0.2) is 4.39 Å². The van der Waals surface area contributed by atoms with Gasteiger partial charge in [-0.15, -0.1) is 0 Å². The summed E-state index contributed by atoms with van der Waals surface area (Å²) in [4.78, 5) is 5.85. The average Bonchev–Trinajstić information content (AvgIpc) is 2.94. The zero-order valence-electron chi connectivity index (χ0n) is 13.1. The lowest BCUT2D eigenvalue weighted by molar-refractivity contribution is 0.00707. The van der Waals surface area contributed by atoms with Gasteiger partial charge in [-0.3, -0.25) is 9.88 Å². The molecule has 24 heavy (non-hydrogen) atoms. The number of hydrogen-bond acceptors (Lipinski definition) is 3. The molecule has 0 amide bonds. The first-order valence-corrected chi connectivity index (χ1v) is 7.91. The number of rotatable bonds is 3. The maximum atomic E-state index is 14.5. The van der Waals surface area contributed by atoms with Crippen molar-refractivity contribution in [2.75, 3.05) is 0 Å². The van der Waals surface area contributed by atoms with Gasteiger partial charge in [0.05, 0.1) is 0 Å². The van der Waals surface area contributed by atoms with E-state index in [2.05, 4.69) is 4.98 Å². The molecule has 0 saturated heterocycles. The van der Waals surface area contributed by atoms with E-state index >= 15 is 0 Å². The van der Waals surface area contributed by atoms with Crippen LogP contribution in [0.2, 0.25) is 0 Å². The number of pyridine rings is 1. The molecule has 3 aromatic rings. The smallest absolute Gasteiger partial charge is 0.134 e. The van der Waals surface area contributed by atoms with Crippen LogP contribution in [-0.2, 0) is 13.1 Å². The van der Waals surface area contributed by atoms with Gasteiger partial charge in [0.2, 0.25) is 0 Å². The van der Waals surface area contributed by atoms with Crippen molar-refractivity contribution in [3.63, 3.8) is 0 Å². The zero-order valence-corrected chi connectivity index (χ0v) is 13.1. The molecule has 1 aromatic heterocycles. The maximum Gasteiger partial charge on any atom is 0.134 e. The fraction of sp³-hybridized carbons (Fsp3) is 0.150. The van der Waals surface area contributed by atoms with E-state index in [1.807, 2.05) is 47.4 Å². The van der Waals surface area contributed by atoms with Gasteiger partial charge in [0.1, 0.15) is 12.0 Å². The van der Waals surface area contributed by atoms with Crippen LogP contribution in [0.1, 0.15) is 22.9 Å². The predicted molar refractivity (Wildman–Crippen MR) is 90.3 cm³/mol. The highest BCUT2D eigenvalue weighted by Gasteiger charge is 2.28. The van der Waals surface area contributed by atoms with Gasteiger partial charge in [0.25, 0.3) is 0 Å². The van der Waals surface area contributed by atoms with Crippen LogP contribution in [-0.4, -0.2) is 15.0 Å². The summed E-state index contributed by atoms with van der Waals surface area (Å²) in [5, 5.41) is 10.4. The highest BCUT2D eigenvalue weighted by molar-refractivity contribution is 5.63. The average molecular weight is 320 g/mol. The second-order valence-electron chi connectivity index (χ2n) is 6.02. The fourth-order valence-corrected chi connectivity index (χ4v) is 3.19. The first-order chi connectivity index (χ1) is 11.7. The minimum absolute atomic E-state index is 0.257. The van der Waals surface area contributed by atoms with Crippen LogP contribution in [0, 0.1) is 5.82 Å². The third kappa shape index (κ3) is 2.70. The lowest BCUT2D eigenvalue weighted by Crippen LogP contribution is -2.21. The summed E-state index contributed by atoms with van der Waals surface area (Å²) in [7, 11) is 0. The number of aliphatic hydroxyl groups excluding tert-OH is 1. The van der Waals surface area contributed by atoms with E-state index < -0.39 is 6.23 Å². The van der Waals surface area contributed by atoms with Crippen molar-refractivity contribution in [2.24, 2.45) is 0 Å². The van der Waals surface area contributed by atoms with Gasteiger partial charge in [0, 0.05) is 31.0 Å². The third-order valence-electron chi connectivity index (χ3n) is 4.49. The molecule has 4 rings (SSSR count). The number of benzene rings is 2. The van der Waals surface area contributed by atoms with E-state index in [9.17, 15) is 9.50 Å². The van der Waals surface area contributed by atoms with Crippen molar-refractivity contribution < 1.29 is 9.50 Å². The molecule has 2 heterocycles. The number of nitrogens with zero attached hydrogens (tertiary/aromatic N) is 2. The van der Waals surface area contributed by atoms with Crippen molar-refractivity contribution in [3.8, 4) is 11.1 Å². The standard InChI is InChI=1S/C20H17FN2O/c21-19-11-15(14-7-9-22-10-8-14)5-6-17(19)13-23-12-16-3-1-2-4-18(16)20(23)24/h1-11,20,24H,12-13H2. The molecule has 1 aliphatic rings. The molecule has 0 saturated carbocycles. The molecule has 0 aliphatic carbocycles. The molecule has 0 radical (unpaired) electrons. The minimum Gasteiger partial charge on any atom is -0.374 e. The van der Waals surface area contributed by atoms with E-state index in [4.69, 9.17) is 0 Å². The van der Waals surface area contributed by atoms with Gasteiger partial charge >= 0.3 is 0 Å². The Morgan fingerprint density at radius 1 is 1.04 bits per heavy atom. The monoisotopic (exact) mass is 320 g/mol. The Kier molecular flexibility index (Phi) is 3.84. The van der Waals surface area contributed by atoms with Crippen LogP contribution < -0.4 is 0 Å². The van der Waals surface area contributed by atoms with Crippen molar-refractivity contribution >= 4 is 0 Å². The van der Waals surface area contributed by atoms with E-state index in [1.165, 1.54) is 0 Å². The van der Waals surface area contributed by atoms with Gasteiger partial charge < -0.3 is 5.11 Å². The van der Waals surface area contributed by atoms with Crippen LogP contribution in [0.4, 0.5) is 4.39 Å². The molecule has 0 spiro atoms. The number of halogens is 1. The molecule has 120 valence electrons. The van der Waals surface area contributed by atoms with Gasteiger partial charge in [-0.2, -0.15) is 0 Å². The summed E-state index contributed by atoms with van der Waals surface area (Å²) in [6.07, 6.45) is 2.71. The van der Waals surface area contributed by atoms with E-state index in [-0.39, 0.29) is 5.82 Å². The van der Waals surface area contributed by atoms with Crippen LogP contribution in [0.5, 0.6) is 0 Å². The number of fused-ring (bicyclic) bond motifs is 1. The summed E-state index contributed by atoms with van der Waals surface area (Å²) >= 11 is 0. The van der Waals surface area contributed by atoms with Gasteiger partial charge in [-0.1, -0.05) is 36.4 Å². The summed E-state index contributed by atoms with van der Waals surface area (Å²) in [5.41, 5.74) is 4.35. The second-order valence-corrected chi connectivity index (χ2v) is 6.02. The van der Waals surface area contributed by atoms with Crippen LogP contribution in [0.3, 0.4) is 0 Å². The quantitative estimate of drug-likeness (QED) is 0.795. The topological polar surface area (TPSA) is 36.4 Å². The summed E-state index contributed by atoms with van der Waals surface area (Å²) in [6, 6.07) is 16.7. The van der Waals surface area contributed by atoms with Gasteiger partial charge in [-0.05, 0) is 40.5 Å². The van der Waals surface area contributed by atoms with Crippen LogP contribution in [0.15, 0.2) is 67.0 Å². The molecule has 1 unspecified atom stereocenters. The Balaban J connectivity index is 1.56. The number of aromatic nitrogens is 1. The molecule has 2 aromatic carbocycles. The molecule has 1 atom stereocenters. The minimum atomic E-state index is -0.680. The first kappa shape index (κ1) is 15.0. The molecular formula is C20H17FN2O. The number of hydrogen-bond donors (Lipinski definition) is 1. The SMILES string of the molecule is OC1c2ccccc2CN1Cc1ccc(-c2ccncc2)cc1F. The Morgan fingerprint density at radius 2 is 1.83 bits per heavy atom. The molecular weight excluding hydrogens is 303 g/mol. The lowest BCUT2D eigenvalue weighted by Gasteiger charge is -2.21. The van der Waals surface area contributed by atoms with Crippen molar-refractivity contribution in [1.82, 2.24) is 9.88 Å². The van der Waals surface area contributed by atoms with E-state index in [1.54, 1.807) is 24.5 Å².